The summed E-state index contributed by atoms with van der Waals surface area (Å²) in [5.74, 6) is -2.92. The Morgan fingerprint density at radius 1 is 1.08 bits per heavy atom. The first-order valence-electron chi connectivity index (χ1n) is 17.5. The summed E-state index contributed by atoms with van der Waals surface area (Å²) in [5, 5.41) is 0.727. The molecule has 53 heavy (non-hydrogen) atoms. The molecule has 13 nitrogen and oxygen atoms in total. The summed E-state index contributed by atoms with van der Waals surface area (Å²) in [6.07, 6.45) is -2.94. The molecule has 1 aliphatic carbocycles. The van der Waals surface area contributed by atoms with E-state index in [-0.39, 0.29) is 31.1 Å². The summed E-state index contributed by atoms with van der Waals surface area (Å²) in [6.45, 7) is 4.69. The largest absolute Gasteiger partial charge is 0.490 e. The number of alkyl halides is 3. The van der Waals surface area contributed by atoms with E-state index in [2.05, 4.69) is 16.8 Å². The number of nitrogens with zero attached hydrogens (tertiary/aromatic N) is 4. The molecule has 3 aliphatic rings. The van der Waals surface area contributed by atoms with E-state index in [1.807, 2.05) is 19.1 Å². The van der Waals surface area contributed by atoms with Crippen LogP contribution in [0.2, 0.25) is 0 Å². The molecule has 6 rings (SSSR count). The second-order valence-electron chi connectivity index (χ2n) is 14.1. The van der Waals surface area contributed by atoms with Crippen LogP contribution in [0, 0.1) is 6.92 Å². The summed E-state index contributed by atoms with van der Waals surface area (Å²) in [7, 11) is 1.48. The van der Waals surface area contributed by atoms with Gasteiger partial charge in [-0.15, -0.1) is 0 Å². The number of aryl methyl sites for hydroxylation is 1. The van der Waals surface area contributed by atoms with Crippen LogP contribution >= 0.6 is 0 Å². The molecule has 1 saturated carbocycles. The zero-order valence-corrected chi connectivity index (χ0v) is 31.2. The topological polar surface area (TPSA) is 142 Å². The van der Waals surface area contributed by atoms with Crippen LogP contribution in [0.3, 0.4) is 0 Å². The minimum absolute atomic E-state index is 0.0891. The van der Waals surface area contributed by atoms with Crippen LogP contribution in [0.25, 0.3) is 11.0 Å². The van der Waals surface area contributed by atoms with Crippen LogP contribution < -0.4 is 20.0 Å². The Morgan fingerprint density at radius 3 is 2.45 bits per heavy atom. The van der Waals surface area contributed by atoms with Crippen molar-refractivity contribution < 1.29 is 45.1 Å². The van der Waals surface area contributed by atoms with Gasteiger partial charge in [0, 0.05) is 69.6 Å². The number of halogens is 3. The number of hydrogen-bond donors (Lipinski definition) is 1. The maximum atomic E-state index is 14.6. The Bertz CT molecular complexity index is 2080. The lowest BCUT2D eigenvalue weighted by Crippen LogP contribution is -2.53. The van der Waals surface area contributed by atoms with E-state index in [1.54, 1.807) is 11.8 Å². The maximum Gasteiger partial charge on any atom is 0.417 e. The van der Waals surface area contributed by atoms with Crippen LogP contribution in [0.5, 0.6) is 5.75 Å². The van der Waals surface area contributed by atoms with Gasteiger partial charge in [0.25, 0.3) is 11.8 Å². The third-order valence-corrected chi connectivity index (χ3v) is 11.8. The molecule has 2 fully saturated rings. The Morgan fingerprint density at radius 2 is 1.79 bits per heavy atom. The number of amides is 2. The number of carbonyl (C=O) groups excluding carboxylic acids is 2. The molecule has 1 N–H and O–H groups in total. The number of hydrogen-bond acceptors (Lipinski definition) is 10. The highest BCUT2D eigenvalue weighted by atomic mass is 32.2. The molecule has 3 heterocycles. The zero-order valence-electron chi connectivity index (χ0n) is 30.3. The molecule has 288 valence electrons. The van der Waals surface area contributed by atoms with Gasteiger partial charge in [0.1, 0.15) is 11.3 Å². The van der Waals surface area contributed by atoms with Crippen molar-refractivity contribution in [2.75, 3.05) is 65.9 Å². The highest BCUT2D eigenvalue weighted by Gasteiger charge is 2.41. The molecule has 3 aromatic rings. The summed E-state index contributed by atoms with van der Waals surface area (Å²) >= 11 is 0. The zero-order chi connectivity index (χ0) is 38.4. The minimum atomic E-state index is -5.17. The van der Waals surface area contributed by atoms with Gasteiger partial charge >= 0.3 is 22.0 Å². The maximum absolute atomic E-state index is 14.6. The number of rotatable bonds is 9. The quantitative estimate of drug-likeness (QED) is 0.319. The lowest BCUT2D eigenvalue weighted by atomic mass is 9.94. The number of carbonyl (C=O) groups is 2. The van der Waals surface area contributed by atoms with Crippen LogP contribution in [-0.4, -0.2) is 108 Å². The van der Waals surface area contributed by atoms with Crippen LogP contribution in [0.15, 0.2) is 33.5 Å². The van der Waals surface area contributed by atoms with Crippen molar-refractivity contribution in [3.8, 4) is 5.75 Å². The van der Waals surface area contributed by atoms with Crippen LogP contribution in [0.4, 0.5) is 18.9 Å². The minimum Gasteiger partial charge on any atom is -0.490 e. The Balaban J connectivity index is 1.34. The summed E-state index contributed by atoms with van der Waals surface area (Å²) in [5.41, 5.74) is -0.501. The van der Waals surface area contributed by atoms with Crippen molar-refractivity contribution in [3.05, 3.63) is 68.1 Å². The smallest absolute Gasteiger partial charge is 0.417 e. The van der Waals surface area contributed by atoms with Crippen molar-refractivity contribution in [3.63, 3.8) is 0 Å². The first-order valence-corrected chi connectivity index (χ1v) is 18.9. The lowest BCUT2D eigenvalue weighted by molar-refractivity contribution is -0.138. The van der Waals surface area contributed by atoms with Gasteiger partial charge in [0.2, 0.25) is 0 Å². The molecule has 2 aliphatic heterocycles. The average Bonchev–Trinajstić information content (AvgIpc) is 3.61. The number of ether oxygens (including phenoxy) is 2. The number of fused-ring (bicyclic) bond motifs is 3. The van der Waals surface area contributed by atoms with Crippen molar-refractivity contribution in [2.24, 2.45) is 0 Å². The number of nitrogens with one attached hydrogen (secondary N) is 1. The monoisotopic (exact) mass is 763 g/mol. The fourth-order valence-corrected chi connectivity index (χ4v) is 7.94. The normalized spacial score (nSPS) is 18.8. The molecule has 0 bridgehead atoms. The van der Waals surface area contributed by atoms with Crippen molar-refractivity contribution >= 4 is 38.7 Å². The number of likely N-dealkylation sites (N-methyl/N-ethyl adjacent to an activating group) is 1. The average molecular weight is 764 g/mol. The fraction of sp³-hybridized carbons (Fsp3) is 0.528. The van der Waals surface area contributed by atoms with E-state index in [1.165, 1.54) is 4.90 Å². The molecule has 17 heteroatoms. The van der Waals surface area contributed by atoms with Gasteiger partial charge in [0.05, 0.1) is 42.0 Å². The van der Waals surface area contributed by atoms with E-state index in [0.29, 0.717) is 41.0 Å². The van der Waals surface area contributed by atoms with Gasteiger partial charge in [-0.1, -0.05) is 0 Å². The van der Waals surface area contributed by atoms with Crippen molar-refractivity contribution in [1.82, 2.24) is 18.8 Å². The third-order valence-electron chi connectivity index (χ3n) is 10.4. The molecule has 0 unspecified atom stereocenters. The molecule has 2 amide bonds. The highest BCUT2D eigenvalue weighted by Crippen LogP contribution is 2.40. The summed E-state index contributed by atoms with van der Waals surface area (Å²) < 4.78 is 88.3. The highest BCUT2D eigenvalue weighted by molar-refractivity contribution is 7.87. The van der Waals surface area contributed by atoms with E-state index < -0.39 is 62.4 Å². The molecule has 1 aromatic heterocycles. The molecular weight excluding hydrogens is 719 g/mol. The second-order valence-corrected chi connectivity index (χ2v) is 16.0. The van der Waals surface area contributed by atoms with Gasteiger partial charge in [-0.2, -0.15) is 25.9 Å². The number of piperazine rings is 1. The van der Waals surface area contributed by atoms with E-state index >= 15 is 0 Å². The van der Waals surface area contributed by atoms with E-state index in [0.717, 1.165) is 69.3 Å². The first-order chi connectivity index (χ1) is 25.0. The van der Waals surface area contributed by atoms with Crippen LogP contribution in [-0.2, 0) is 34.1 Å². The molecule has 0 spiro atoms. The van der Waals surface area contributed by atoms with E-state index in [9.17, 15) is 36.0 Å². The Labute approximate surface area is 305 Å². The van der Waals surface area contributed by atoms with Crippen molar-refractivity contribution in [1.29, 1.82) is 0 Å². The Kier molecular flexibility index (Phi) is 10.8. The SMILES string of the molecule is COC[C@H]1CN(c2ccc3c4c(c(=O)oc3c2C)CN(C(=O)c2cc(OC3CCCC3)c(C(=O)NS(=O)(=O)N(C)C)c(C(F)(F)F)c2)CC4)CCN1C. The summed E-state index contributed by atoms with van der Waals surface area (Å²) in [4.78, 5) is 46.5. The molecule has 1 saturated heterocycles. The Hall–Kier alpha value is -4.19. The molecular formula is C36H44F3N5O8S. The lowest BCUT2D eigenvalue weighted by Gasteiger charge is -2.41. The molecule has 1 atom stereocenters. The predicted octanol–water partition coefficient (Wildman–Crippen LogP) is 3.94. The first kappa shape index (κ1) is 38.5. The van der Waals surface area contributed by atoms with Crippen molar-refractivity contribution in [2.45, 2.75) is 63.9 Å². The summed E-state index contributed by atoms with van der Waals surface area (Å²) in [6, 6.07) is 5.67. The van der Waals surface area contributed by atoms with E-state index in [4.69, 9.17) is 13.9 Å². The second kappa shape index (κ2) is 14.9. The fourth-order valence-electron chi connectivity index (χ4n) is 7.42. The number of anilines is 1. The standard InChI is InChI=1S/C36H44F3N5O8S/c1-21-29(43-15-14-42(4)23(18-43)20-50-5)11-10-26-25-12-13-44(19-27(25)35(47)52-32(21)26)34(46)22-16-28(36(37,38)39)31(33(45)40-53(48,49)41(2)3)30(17-22)51-24-8-6-7-9-24/h10-11,16-17,23-24H,6-9,12-15,18-20H2,1-5H3,(H,40,45)/t23-/m1/s1. The van der Waals surface area contributed by atoms with Gasteiger partial charge < -0.3 is 23.7 Å². The molecule has 2 aromatic carbocycles. The van der Waals surface area contributed by atoms with Gasteiger partial charge in [0.15, 0.2) is 0 Å². The third kappa shape index (κ3) is 7.75. The number of methoxy groups -OCH3 is 1. The van der Waals surface area contributed by atoms with Crippen LogP contribution in [0.1, 0.15) is 68.7 Å². The van der Waals surface area contributed by atoms with Gasteiger partial charge in [-0.05, 0) is 75.9 Å². The number of benzene rings is 2. The van der Waals surface area contributed by atoms with Gasteiger partial charge in [-0.25, -0.2) is 9.52 Å². The molecule has 0 radical (unpaired) electrons. The predicted molar refractivity (Wildman–Crippen MR) is 191 cm³/mol. The van der Waals surface area contributed by atoms with Gasteiger partial charge in [-0.3, -0.25) is 14.5 Å².